The highest BCUT2D eigenvalue weighted by atomic mass is 32.2. The van der Waals surface area contributed by atoms with Gasteiger partial charge in [-0.1, -0.05) is 0 Å². The minimum Gasteiger partial charge on any atom is -0.550 e. The molecule has 22 heavy (non-hydrogen) atoms. The Morgan fingerprint density at radius 3 is 2.18 bits per heavy atom. The summed E-state index contributed by atoms with van der Waals surface area (Å²) in [5.74, 6) is -2.06. The summed E-state index contributed by atoms with van der Waals surface area (Å²) in [4.78, 5) is 20.5. The normalized spacial score (nSPS) is 23.3. The molecule has 1 saturated heterocycles. The fourth-order valence-corrected chi connectivity index (χ4v) is 2.63. The van der Waals surface area contributed by atoms with Crippen LogP contribution in [0.25, 0.3) is 0 Å². The molecule has 0 spiro atoms. The van der Waals surface area contributed by atoms with Gasteiger partial charge in [0.1, 0.15) is 24.5 Å². The van der Waals surface area contributed by atoms with E-state index in [4.69, 9.17) is 10.2 Å². The van der Waals surface area contributed by atoms with E-state index in [0.717, 1.165) is 6.26 Å². The molecule has 0 aromatic heterocycles. The van der Waals surface area contributed by atoms with E-state index in [1.54, 1.807) is 0 Å². The van der Waals surface area contributed by atoms with Gasteiger partial charge in [-0.05, 0) is 0 Å². The van der Waals surface area contributed by atoms with Crippen LogP contribution in [0.4, 0.5) is 0 Å². The van der Waals surface area contributed by atoms with Crippen molar-refractivity contribution in [1.82, 2.24) is 0 Å². The standard InChI is InChI=1S/C7H15NO3.C5H8O5S/c1-8(2,3)5-6(9)4-7(10)11;1-11(8,9)3-2-10-5(7)4(3)6/h6,9H,4-5H2,1-3H3;3-4,6H,2H2,1H3/t6-;3?,4-/m11/s1. The Labute approximate surface area is 129 Å². The summed E-state index contributed by atoms with van der Waals surface area (Å²) in [6.07, 6.45) is -1.64. The Morgan fingerprint density at radius 2 is 1.95 bits per heavy atom. The van der Waals surface area contributed by atoms with Crippen LogP contribution in [-0.2, 0) is 24.2 Å². The zero-order valence-electron chi connectivity index (χ0n) is 13.1. The molecule has 10 heteroatoms. The Kier molecular flexibility index (Phi) is 7.42. The number of sulfone groups is 1. The molecule has 1 rings (SSSR count). The fraction of sp³-hybridized carbons (Fsp3) is 0.833. The molecule has 0 amide bonds. The third kappa shape index (κ3) is 8.27. The predicted molar refractivity (Wildman–Crippen MR) is 74.1 cm³/mol. The number of cyclic esters (lactones) is 1. The molecular weight excluding hydrogens is 318 g/mol. The zero-order chi connectivity index (χ0) is 17.7. The smallest absolute Gasteiger partial charge is 0.336 e. The van der Waals surface area contributed by atoms with Gasteiger partial charge in [-0.2, -0.15) is 0 Å². The van der Waals surface area contributed by atoms with Gasteiger partial charge in [0.05, 0.1) is 21.1 Å². The van der Waals surface area contributed by atoms with Crippen molar-refractivity contribution in [2.75, 3.05) is 40.6 Å². The molecule has 1 aliphatic rings. The molecule has 0 aromatic rings. The van der Waals surface area contributed by atoms with Crippen LogP contribution in [-0.4, -0.2) is 93.1 Å². The van der Waals surface area contributed by atoms with Crippen LogP contribution >= 0.6 is 0 Å². The molecule has 0 bridgehead atoms. The van der Waals surface area contributed by atoms with E-state index in [1.807, 2.05) is 21.1 Å². The van der Waals surface area contributed by atoms with E-state index in [1.165, 1.54) is 0 Å². The molecule has 1 fully saturated rings. The number of carbonyl (C=O) groups excluding carboxylic acids is 2. The van der Waals surface area contributed by atoms with Gasteiger partial charge in [0, 0.05) is 18.6 Å². The van der Waals surface area contributed by atoms with Crippen LogP contribution in [0.3, 0.4) is 0 Å². The minimum atomic E-state index is -3.38. The predicted octanol–water partition coefficient (Wildman–Crippen LogP) is -3.49. The monoisotopic (exact) mass is 341 g/mol. The Balaban J connectivity index is 0.000000401. The first-order valence-electron chi connectivity index (χ1n) is 6.46. The highest BCUT2D eigenvalue weighted by Gasteiger charge is 2.41. The molecule has 2 N–H and O–H groups in total. The molecule has 0 aromatic carbocycles. The van der Waals surface area contributed by atoms with Gasteiger partial charge in [-0.25, -0.2) is 13.2 Å². The second kappa shape index (κ2) is 7.86. The average Bonchev–Trinajstić information content (AvgIpc) is 2.55. The quantitative estimate of drug-likeness (QED) is 0.388. The van der Waals surface area contributed by atoms with Crippen molar-refractivity contribution < 1.29 is 42.5 Å². The number of likely N-dealkylation sites (N-methyl/N-ethyl adjacent to an activating group) is 1. The second-order valence-electron chi connectivity index (χ2n) is 6.15. The Hall–Kier alpha value is -1.23. The fourth-order valence-electron chi connectivity index (χ4n) is 1.74. The van der Waals surface area contributed by atoms with E-state index < -0.39 is 39.2 Å². The Bertz CT molecular complexity index is 496. The average molecular weight is 341 g/mol. The number of hydrogen-bond acceptors (Lipinski definition) is 8. The molecule has 130 valence electrons. The number of rotatable bonds is 5. The van der Waals surface area contributed by atoms with Gasteiger partial charge in [0.25, 0.3) is 0 Å². The van der Waals surface area contributed by atoms with E-state index in [-0.39, 0.29) is 13.0 Å². The van der Waals surface area contributed by atoms with E-state index in [2.05, 4.69) is 4.74 Å². The van der Waals surface area contributed by atoms with Crippen molar-refractivity contribution in [2.45, 2.75) is 23.9 Å². The maximum Gasteiger partial charge on any atom is 0.336 e. The van der Waals surface area contributed by atoms with Crippen LogP contribution in [0.15, 0.2) is 0 Å². The lowest BCUT2D eigenvalue weighted by Gasteiger charge is -2.26. The van der Waals surface area contributed by atoms with Crippen LogP contribution in [0.2, 0.25) is 0 Å². The van der Waals surface area contributed by atoms with Gasteiger partial charge >= 0.3 is 5.97 Å². The number of ether oxygens (including phenoxy) is 1. The number of aliphatic carboxylic acids is 1. The van der Waals surface area contributed by atoms with Crippen LogP contribution in [0.5, 0.6) is 0 Å². The topological polar surface area (TPSA) is 141 Å². The summed E-state index contributed by atoms with van der Waals surface area (Å²) < 4.78 is 26.5. The van der Waals surface area contributed by atoms with Gasteiger partial charge in [-0.3, -0.25) is 0 Å². The highest BCUT2D eigenvalue weighted by Crippen LogP contribution is 2.14. The summed E-state index contributed by atoms with van der Waals surface area (Å²) in [5.41, 5.74) is 0. The highest BCUT2D eigenvalue weighted by molar-refractivity contribution is 7.91. The third-order valence-electron chi connectivity index (χ3n) is 2.69. The van der Waals surface area contributed by atoms with Crippen molar-refractivity contribution in [3.8, 4) is 0 Å². The third-order valence-corrected chi connectivity index (χ3v) is 4.19. The summed E-state index contributed by atoms with van der Waals surface area (Å²) in [6.45, 7) is 0.187. The number of carboxylic acids is 1. The summed E-state index contributed by atoms with van der Waals surface area (Å²) >= 11 is 0. The van der Waals surface area contributed by atoms with Gasteiger partial charge < -0.3 is 29.3 Å². The molecule has 0 aliphatic carbocycles. The first-order valence-corrected chi connectivity index (χ1v) is 8.41. The van der Waals surface area contributed by atoms with Crippen molar-refractivity contribution in [1.29, 1.82) is 0 Å². The lowest BCUT2D eigenvalue weighted by atomic mass is 10.2. The van der Waals surface area contributed by atoms with Gasteiger partial charge in [0.2, 0.25) is 0 Å². The maximum atomic E-state index is 10.8. The molecule has 0 saturated carbocycles. The van der Waals surface area contributed by atoms with Gasteiger partial charge in [-0.15, -0.1) is 0 Å². The van der Waals surface area contributed by atoms with Crippen LogP contribution < -0.4 is 5.11 Å². The summed E-state index contributed by atoms with van der Waals surface area (Å²) in [6, 6.07) is 0. The molecule has 1 unspecified atom stereocenters. The number of esters is 1. The number of aliphatic hydroxyl groups is 2. The number of nitrogens with zero attached hydrogens (tertiary/aromatic N) is 1. The number of hydrogen-bond donors (Lipinski definition) is 2. The summed E-state index contributed by atoms with van der Waals surface area (Å²) in [5, 5.41) is 27.0. The lowest BCUT2D eigenvalue weighted by molar-refractivity contribution is -0.873. The zero-order valence-corrected chi connectivity index (χ0v) is 13.9. The Morgan fingerprint density at radius 1 is 1.45 bits per heavy atom. The first-order chi connectivity index (χ1) is 9.74. The number of carbonyl (C=O) groups is 2. The second-order valence-corrected chi connectivity index (χ2v) is 8.41. The number of carboxylic acid groups (broad SMARTS) is 1. The summed E-state index contributed by atoms with van der Waals surface area (Å²) in [7, 11) is 2.28. The van der Waals surface area contributed by atoms with Crippen molar-refractivity contribution in [2.24, 2.45) is 0 Å². The first kappa shape index (κ1) is 20.8. The minimum absolute atomic E-state index is 0.237. The molecule has 1 heterocycles. The molecule has 1 aliphatic heterocycles. The molecule has 3 atom stereocenters. The van der Waals surface area contributed by atoms with Crippen molar-refractivity contribution in [3.05, 3.63) is 0 Å². The van der Waals surface area contributed by atoms with Crippen molar-refractivity contribution in [3.63, 3.8) is 0 Å². The maximum absolute atomic E-state index is 10.8. The molecular formula is C12H23NO8S. The van der Waals surface area contributed by atoms with Crippen LogP contribution in [0, 0.1) is 0 Å². The van der Waals surface area contributed by atoms with E-state index >= 15 is 0 Å². The van der Waals surface area contributed by atoms with E-state index in [9.17, 15) is 23.1 Å². The largest absolute Gasteiger partial charge is 0.550 e. The number of aliphatic hydroxyl groups excluding tert-OH is 2. The molecule has 9 nitrogen and oxygen atoms in total. The van der Waals surface area contributed by atoms with Gasteiger partial charge in [0.15, 0.2) is 15.9 Å². The SMILES string of the molecule is CS(=O)(=O)C1COC(=O)[C@@H]1O.C[N+](C)(C)C[C@H](O)CC(=O)[O-]. The van der Waals surface area contributed by atoms with Crippen molar-refractivity contribution >= 4 is 21.8 Å². The molecule has 0 radical (unpaired) electrons. The number of quaternary nitrogens is 1. The van der Waals surface area contributed by atoms with Crippen LogP contribution in [0.1, 0.15) is 6.42 Å². The van der Waals surface area contributed by atoms with E-state index in [0.29, 0.717) is 11.0 Å². The lowest BCUT2D eigenvalue weighted by Crippen LogP contribution is -2.43.